The Morgan fingerprint density at radius 2 is 1.69 bits per heavy atom. The van der Waals surface area contributed by atoms with Gasteiger partial charge in [-0.2, -0.15) is 5.10 Å². The Labute approximate surface area is 208 Å². The number of hydrogen-bond donors (Lipinski definition) is 2. The minimum absolute atomic E-state index is 0.235. The van der Waals surface area contributed by atoms with Gasteiger partial charge in [-0.25, -0.2) is 4.68 Å². The number of carbonyl (C=O) groups is 2. The number of amides is 2. The number of halogens is 1. The van der Waals surface area contributed by atoms with Crippen LogP contribution in [0.1, 0.15) is 37.5 Å². The summed E-state index contributed by atoms with van der Waals surface area (Å²) in [7, 11) is 1.56. The predicted octanol–water partition coefficient (Wildman–Crippen LogP) is 5.71. The SMILES string of the molecule is COc1cccc(NC(=O)c2ccccc2NC(=O)c2c(C)nn(Cc3ccc(C)cc3)c2Cl)c1. The Morgan fingerprint density at radius 3 is 2.43 bits per heavy atom. The van der Waals surface area contributed by atoms with Gasteiger partial charge in [0.15, 0.2) is 0 Å². The standard InChI is InChI=1S/C27H25ClN4O3/c1-17-11-13-19(14-12-17)16-32-25(28)24(18(2)31-32)27(34)30-23-10-5-4-9-22(23)26(33)29-20-7-6-8-21(15-20)35-3/h4-15H,16H2,1-3H3,(H,29,33)(H,30,34). The molecular weight excluding hydrogens is 464 g/mol. The summed E-state index contributed by atoms with van der Waals surface area (Å²) in [5, 5.41) is 10.3. The average Bonchev–Trinajstić information content (AvgIpc) is 3.13. The van der Waals surface area contributed by atoms with Gasteiger partial charge >= 0.3 is 0 Å². The van der Waals surface area contributed by atoms with Gasteiger partial charge in [-0.1, -0.05) is 59.6 Å². The lowest BCUT2D eigenvalue weighted by atomic mass is 10.1. The maximum absolute atomic E-state index is 13.2. The molecule has 178 valence electrons. The summed E-state index contributed by atoms with van der Waals surface area (Å²) in [5.41, 5.74) is 4.19. The van der Waals surface area contributed by atoms with Gasteiger partial charge in [0.1, 0.15) is 10.9 Å². The highest BCUT2D eigenvalue weighted by molar-refractivity contribution is 6.33. The van der Waals surface area contributed by atoms with Crippen molar-refractivity contribution in [3.8, 4) is 5.75 Å². The molecular formula is C27H25ClN4O3. The van der Waals surface area contributed by atoms with Gasteiger partial charge in [0.2, 0.25) is 0 Å². The number of para-hydroxylation sites is 1. The first-order valence-electron chi connectivity index (χ1n) is 11.0. The number of nitrogens with zero attached hydrogens (tertiary/aromatic N) is 2. The van der Waals surface area contributed by atoms with E-state index in [0.717, 1.165) is 11.1 Å². The van der Waals surface area contributed by atoms with E-state index in [4.69, 9.17) is 16.3 Å². The molecule has 0 aliphatic rings. The highest BCUT2D eigenvalue weighted by atomic mass is 35.5. The second kappa shape index (κ2) is 10.4. The van der Waals surface area contributed by atoms with Crippen LogP contribution in [0.4, 0.5) is 11.4 Å². The zero-order valence-corrected chi connectivity index (χ0v) is 20.4. The molecule has 2 amide bonds. The molecule has 4 rings (SSSR count). The molecule has 1 heterocycles. The van der Waals surface area contributed by atoms with Gasteiger partial charge < -0.3 is 15.4 Å². The van der Waals surface area contributed by atoms with Crippen molar-refractivity contribution >= 4 is 34.8 Å². The molecule has 0 atom stereocenters. The highest BCUT2D eigenvalue weighted by Gasteiger charge is 2.22. The molecule has 3 aromatic carbocycles. The van der Waals surface area contributed by atoms with Crippen LogP contribution in [0.2, 0.25) is 5.15 Å². The molecule has 2 N–H and O–H groups in total. The fourth-order valence-electron chi connectivity index (χ4n) is 3.66. The van der Waals surface area contributed by atoms with Crippen LogP contribution >= 0.6 is 11.6 Å². The lowest BCUT2D eigenvalue weighted by Gasteiger charge is -2.12. The Kier molecular flexibility index (Phi) is 7.17. The minimum Gasteiger partial charge on any atom is -0.497 e. The molecule has 0 spiro atoms. The second-order valence-corrected chi connectivity index (χ2v) is 8.44. The predicted molar refractivity (Wildman–Crippen MR) is 138 cm³/mol. The fraction of sp³-hybridized carbons (Fsp3) is 0.148. The van der Waals surface area contributed by atoms with E-state index in [9.17, 15) is 9.59 Å². The van der Waals surface area contributed by atoms with Crippen molar-refractivity contribution in [1.29, 1.82) is 0 Å². The summed E-state index contributed by atoms with van der Waals surface area (Å²) in [6.45, 7) is 4.19. The topological polar surface area (TPSA) is 85.2 Å². The van der Waals surface area contributed by atoms with Gasteiger partial charge in [-0.05, 0) is 43.7 Å². The van der Waals surface area contributed by atoms with Gasteiger partial charge in [0, 0.05) is 11.8 Å². The van der Waals surface area contributed by atoms with E-state index in [-0.39, 0.29) is 16.6 Å². The summed E-state index contributed by atoms with van der Waals surface area (Å²) >= 11 is 6.56. The Balaban J connectivity index is 1.54. The lowest BCUT2D eigenvalue weighted by molar-refractivity contribution is 0.102. The number of ether oxygens (including phenoxy) is 1. The van der Waals surface area contributed by atoms with Gasteiger partial charge in [0.05, 0.1) is 36.2 Å². The first-order valence-corrected chi connectivity index (χ1v) is 11.4. The number of aryl methyl sites for hydroxylation is 2. The zero-order valence-electron chi connectivity index (χ0n) is 19.6. The summed E-state index contributed by atoms with van der Waals surface area (Å²) in [6, 6.07) is 21.8. The number of carbonyl (C=O) groups excluding carboxylic acids is 2. The van der Waals surface area contributed by atoms with Crippen molar-refractivity contribution in [2.24, 2.45) is 0 Å². The maximum atomic E-state index is 13.2. The van der Waals surface area contributed by atoms with Crippen molar-refractivity contribution in [2.75, 3.05) is 17.7 Å². The molecule has 0 fully saturated rings. The highest BCUT2D eigenvalue weighted by Crippen LogP contribution is 2.25. The molecule has 1 aromatic heterocycles. The summed E-state index contributed by atoms with van der Waals surface area (Å²) < 4.78 is 6.80. The van der Waals surface area contributed by atoms with Crippen LogP contribution in [0.5, 0.6) is 5.75 Å². The molecule has 35 heavy (non-hydrogen) atoms. The van der Waals surface area contributed by atoms with Crippen molar-refractivity contribution in [3.05, 3.63) is 106 Å². The van der Waals surface area contributed by atoms with Crippen molar-refractivity contribution in [3.63, 3.8) is 0 Å². The van der Waals surface area contributed by atoms with Crippen LogP contribution in [0.3, 0.4) is 0 Å². The number of rotatable bonds is 7. The van der Waals surface area contributed by atoms with E-state index < -0.39 is 5.91 Å². The van der Waals surface area contributed by atoms with Crippen LogP contribution in [-0.2, 0) is 6.54 Å². The number of nitrogens with one attached hydrogen (secondary N) is 2. The molecule has 0 radical (unpaired) electrons. The normalized spacial score (nSPS) is 10.6. The van der Waals surface area contributed by atoms with E-state index in [2.05, 4.69) is 15.7 Å². The number of benzene rings is 3. The van der Waals surface area contributed by atoms with E-state index in [0.29, 0.717) is 34.9 Å². The van der Waals surface area contributed by atoms with Crippen LogP contribution in [-0.4, -0.2) is 28.7 Å². The molecule has 0 saturated carbocycles. The molecule has 4 aromatic rings. The summed E-state index contributed by atoms with van der Waals surface area (Å²) in [6.07, 6.45) is 0. The molecule has 0 saturated heterocycles. The molecule has 0 aliphatic heterocycles. The molecule has 8 heteroatoms. The number of aromatic nitrogens is 2. The number of methoxy groups -OCH3 is 1. The molecule has 0 bridgehead atoms. The van der Waals surface area contributed by atoms with Gasteiger partial charge in [-0.15, -0.1) is 0 Å². The molecule has 0 unspecified atom stereocenters. The second-order valence-electron chi connectivity index (χ2n) is 8.08. The van der Waals surface area contributed by atoms with Crippen LogP contribution in [0.15, 0.2) is 72.8 Å². The third kappa shape index (κ3) is 5.53. The smallest absolute Gasteiger partial charge is 0.260 e. The van der Waals surface area contributed by atoms with Crippen LogP contribution in [0, 0.1) is 13.8 Å². The average molecular weight is 489 g/mol. The maximum Gasteiger partial charge on any atom is 0.260 e. The Hall–Kier alpha value is -4.10. The third-order valence-corrected chi connectivity index (χ3v) is 5.88. The number of hydrogen-bond acceptors (Lipinski definition) is 4. The monoisotopic (exact) mass is 488 g/mol. The van der Waals surface area contributed by atoms with E-state index in [1.807, 2.05) is 31.2 Å². The third-order valence-electron chi connectivity index (χ3n) is 5.49. The number of anilines is 2. The first-order chi connectivity index (χ1) is 16.9. The van der Waals surface area contributed by atoms with Crippen LogP contribution < -0.4 is 15.4 Å². The minimum atomic E-state index is -0.440. The van der Waals surface area contributed by atoms with E-state index >= 15 is 0 Å². The molecule has 0 aliphatic carbocycles. The quantitative estimate of drug-likeness (QED) is 0.348. The van der Waals surface area contributed by atoms with Crippen molar-refractivity contribution < 1.29 is 14.3 Å². The zero-order chi connectivity index (χ0) is 24.9. The summed E-state index contributed by atoms with van der Waals surface area (Å²) in [5.74, 6) is -0.187. The summed E-state index contributed by atoms with van der Waals surface area (Å²) in [4.78, 5) is 26.2. The van der Waals surface area contributed by atoms with Crippen LogP contribution in [0.25, 0.3) is 0 Å². The largest absolute Gasteiger partial charge is 0.497 e. The Bertz CT molecular complexity index is 1380. The van der Waals surface area contributed by atoms with Gasteiger partial charge in [-0.3, -0.25) is 9.59 Å². The van der Waals surface area contributed by atoms with Crippen molar-refractivity contribution in [2.45, 2.75) is 20.4 Å². The fourth-order valence-corrected chi connectivity index (χ4v) is 3.98. The lowest BCUT2D eigenvalue weighted by Crippen LogP contribution is -2.19. The van der Waals surface area contributed by atoms with E-state index in [1.165, 1.54) is 0 Å². The van der Waals surface area contributed by atoms with Crippen molar-refractivity contribution in [1.82, 2.24) is 9.78 Å². The molecule has 7 nitrogen and oxygen atoms in total. The Morgan fingerprint density at radius 1 is 0.943 bits per heavy atom. The van der Waals surface area contributed by atoms with Gasteiger partial charge in [0.25, 0.3) is 11.8 Å². The first kappa shape index (κ1) is 24.0. The van der Waals surface area contributed by atoms with E-state index in [1.54, 1.807) is 67.2 Å².